The van der Waals surface area contributed by atoms with Crippen LogP contribution in [0.25, 0.3) is 0 Å². The molecule has 1 aliphatic rings. The van der Waals surface area contributed by atoms with Gasteiger partial charge in [-0.2, -0.15) is 0 Å². The van der Waals surface area contributed by atoms with E-state index in [4.69, 9.17) is 23.3 Å². The van der Waals surface area contributed by atoms with E-state index in [2.05, 4.69) is 10.6 Å². The Balaban J connectivity index is 2.16. The van der Waals surface area contributed by atoms with E-state index < -0.39 is 69.3 Å². The molecule has 1 rings (SSSR count). The van der Waals surface area contributed by atoms with Gasteiger partial charge in [0.1, 0.15) is 37.1 Å². The van der Waals surface area contributed by atoms with Crippen LogP contribution in [0.5, 0.6) is 0 Å². The van der Waals surface area contributed by atoms with Gasteiger partial charge >= 0.3 is 13.9 Å². The third-order valence-corrected chi connectivity index (χ3v) is 7.11. The van der Waals surface area contributed by atoms with Crippen LogP contribution in [-0.2, 0) is 32.6 Å². The number of unbranched alkanes of at least 4 members (excludes halogenated alkanes) is 5. The van der Waals surface area contributed by atoms with E-state index in [0.717, 1.165) is 32.1 Å². The Bertz CT molecular complexity index is 759. The van der Waals surface area contributed by atoms with Crippen molar-refractivity contribution in [3.8, 4) is 0 Å². The van der Waals surface area contributed by atoms with Crippen molar-refractivity contribution >= 4 is 19.8 Å². The zero-order valence-electron chi connectivity index (χ0n) is 23.3. The fourth-order valence-corrected chi connectivity index (χ4v) is 5.03. The fourth-order valence-electron chi connectivity index (χ4n) is 3.86. The van der Waals surface area contributed by atoms with Crippen molar-refractivity contribution in [1.29, 1.82) is 0 Å². The number of ether oxygens (including phenoxy) is 3. The Morgan fingerprint density at radius 3 is 2.26 bits per heavy atom. The van der Waals surface area contributed by atoms with Crippen LogP contribution in [0.3, 0.4) is 0 Å². The zero-order chi connectivity index (χ0) is 29.4. The van der Waals surface area contributed by atoms with Crippen molar-refractivity contribution in [3.63, 3.8) is 0 Å². The minimum Gasteiger partial charge on any atom is -0.447 e. The molecule has 7 atom stereocenters. The van der Waals surface area contributed by atoms with Crippen molar-refractivity contribution in [2.24, 2.45) is 0 Å². The summed E-state index contributed by atoms with van der Waals surface area (Å²) in [5, 5.41) is 34.8. The maximum absolute atomic E-state index is 11.9. The van der Waals surface area contributed by atoms with E-state index in [-0.39, 0.29) is 6.61 Å². The largest absolute Gasteiger partial charge is 0.472 e. The van der Waals surface area contributed by atoms with Gasteiger partial charge in [0, 0.05) is 20.1 Å². The highest BCUT2D eigenvalue weighted by Gasteiger charge is 2.45. The highest BCUT2D eigenvalue weighted by molar-refractivity contribution is 7.47. The van der Waals surface area contributed by atoms with Gasteiger partial charge in [0.15, 0.2) is 6.29 Å². The molecule has 0 aromatic carbocycles. The van der Waals surface area contributed by atoms with Crippen molar-refractivity contribution in [3.05, 3.63) is 0 Å². The maximum Gasteiger partial charge on any atom is 0.472 e. The lowest BCUT2D eigenvalue weighted by Gasteiger charge is -2.42. The van der Waals surface area contributed by atoms with Crippen molar-refractivity contribution in [2.45, 2.75) is 115 Å². The second-order valence-corrected chi connectivity index (χ2v) is 11.1. The monoisotopic (exact) mass is 586 g/mol. The molecular formula is C24H47N2O12P. The number of alkyl carbamates (subject to hydrolysis) is 1. The van der Waals surface area contributed by atoms with Crippen molar-refractivity contribution < 1.29 is 57.6 Å². The number of aliphatic hydroxyl groups excluding tert-OH is 3. The number of phosphoric acid groups is 1. The molecule has 14 nitrogen and oxygen atoms in total. The van der Waals surface area contributed by atoms with E-state index in [1.54, 1.807) is 20.8 Å². The lowest BCUT2D eigenvalue weighted by Crippen LogP contribution is -2.64. The first-order chi connectivity index (χ1) is 18.4. The summed E-state index contributed by atoms with van der Waals surface area (Å²) in [6.45, 7) is 6.32. The highest BCUT2D eigenvalue weighted by atomic mass is 31.2. The lowest BCUT2D eigenvalue weighted by molar-refractivity contribution is -0.270. The van der Waals surface area contributed by atoms with Gasteiger partial charge in [-0.3, -0.25) is 13.8 Å². The SMILES string of the molecule is CC[C@@H](COC(=O)NCCCCCCCCO[C@@H]1O[C@H](CO)[C@H](O)[C@H](O)[C@H]1NC(C)=O)OP(=O)(O)OC(C)C. The van der Waals surface area contributed by atoms with Gasteiger partial charge in [-0.1, -0.05) is 32.6 Å². The van der Waals surface area contributed by atoms with Crippen LogP contribution in [-0.4, -0.2) is 101 Å². The third-order valence-electron chi connectivity index (χ3n) is 5.86. The lowest BCUT2D eigenvalue weighted by atomic mass is 9.97. The number of hydrogen-bond acceptors (Lipinski definition) is 11. The van der Waals surface area contributed by atoms with Gasteiger partial charge in [-0.15, -0.1) is 0 Å². The molecule has 1 heterocycles. The smallest absolute Gasteiger partial charge is 0.447 e. The molecule has 39 heavy (non-hydrogen) atoms. The minimum atomic E-state index is -4.22. The topological polar surface area (TPSA) is 202 Å². The van der Waals surface area contributed by atoms with E-state index in [0.29, 0.717) is 26.0 Å². The molecule has 1 saturated heterocycles. The zero-order valence-corrected chi connectivity index (χ0v) is 24.2. The average molecular weight is 587 g/mol. The van der Waals surface area contributed by atoms with E-state index >= 15 is 0 Å². The van der Waals surface area contributed by atoms with Crippen LogP contribution in [0.15, 0.2) is 0 Å². The van der Waals surface area contributed by atoms with E-state index in [1.165, 1.54) is 6.92 Å². The molecule has 6 N–H and O–H groups in total. The Morgan fingerprint density at radius 1 is 1.03 bits per heavy atom. The maximum atomic E-state index is 11.9. The first kappa shape index (κ1) is 35.7. The summed E-state index contributed by atoms with van der Waals surface area (Å²) < 4.78 is 38.0. The molecule has 1 unspecified atom stereocenters. The molecule has 230 valence electrons. The van der Waals surface area contributed by atoms with Crippen LogP contribution in [0.1, 0.15) is 72.6 Å². The summed E-state index contributed by atoms with van der Waals surface area (Å²) in [5.74, 6) is -0.404. The molecule has 0 bridgehead atoms. The number of phosphoric ester groups is 1. The van der Waals surface area contributed by atoms with Crippen LogP contribution in [0, 0.1) is 0 Å². The standard InChI is InChI=1S/C24H47N2O12P/c1-5-18(38-39(32,33)37-16(2)3)15-35-24(31)25-12-10-8-6-7-9-11-13-34-23-20(26-17(4)28)22(30)21(29)19(14-27)36-23/h16,18-23,27,29-30H,5-15H2,1-4H3,(H,25,31)(H,26,28)(H,32,33)/t18-,19+,20+,21-,22+,23+/m0/s1. The molecule has 0 spiro atoms. The highest BCUT2D eigenvalue weighted by Crippen LogP contribution is 2.46. The molecule has 2 amide bonds. The normalized spacial score (nSPS) is 25.6. The molecule has 0 aliphatic carbocycles. The number of carbonyl (C=O) groups excluding carboxylic acids is 2. The van der Waals surface area contributed by atoms with Gasteiger partial charge in [-0.05, 0) is 33.1 Å². The number of aliphatic hydroxyl groups is 3. The summed E-state index contributed by atoms with van der Waals surface area (Å²) >= 11 is 0. The van der Waals surface area contributed by atoms with Crippen LogP contribution in [0.2, 0.25) is 0 Å². The van der Waals surface area contributed by atoms with E-state index in [1.807, 2.05) is 0 Å². The number of hydrogen-bond donors (Lipinski definition) is 6. The molecule has 1 fully saturated rings. The summed E-state index contributed by atoms with van der Waals surface area (Å²) in [6, 6.07) is -0.949. The van der Waals surface area contributed by atoms with Crippen LogP contribution >= 0.6 is 7.82 Å². The predicted molar refractivity (Wildman–Crippen MR) is 140 cm³/mol. The molecule has 0 aromatic heterocycles. The number of nitrogens with one attached hydrogen (secondary N) is 2. The first-order valence-corrected chi connectivity index (χ1v) is 15.0. The van der Waals surface area contributed by atoms with E-state index in [9.17, 15) is 34.4 Å². The number of carbonyl (C=O) groups is 2. The Labute approximate surface area is 230 Å². The Kier molecular flexibility index (Phi) is 17.3. The van der Waals surface area contributed by atoms with Crippen molar-refractivity contribution in [2.75, 3.05) is 26.4 Å². The Hall–Kier alpha value is -1.35. The molecular weight excluding hydrogens is 539 g/mol. The predicted octanol–water partition coefficient (Wildman–Crippen LogP) is 1.33. The van der Waals surface area contributed by atoms with Gasteiger partial charge < -0.3 is 45.1 Å². The summed E-state index contributed by atoms with van der Waals surface area (Å²) in [6.07, 6.45) is -1.09. The second kappa shape index (κ2) is 18.9. The third kappa shape index (κ3) is 14.7. The van der Waals surface area contributed by atoms with Gasteiger partial charge in [0.05, 0.1) is 12.7 Å². The molecule has 0 radical (unpaired) electrons. The number of rotatable bonds is 19. The van der Waals surface area contributed by atoms with Gasteiger partial charge in [0.2, 0.25) is 5.91 Å². The molecule has 1 aliphatic heterocycles. The van der Waals surface area contributed by atoms with Crippen molar-refractivity contribution in [1.82, 2.24) is 10.6 Å². The molecule has 0 saturated carbocycles. The molecule has 0 aromatic rings. The Morgan fingerprint density at radius 2 is 1.67 bits per heavy atom. The quantitative estimate of drug-likeness (QED) is 0.0938. The minimum absolute atomic E-state index is 0.173. The summed E-state index contributed by atoms with van der Waals surface area (Å²) in [4.78, 5) is 33.0. The first-order valence-electron chi connectivity index (χ1n) is 13.5. The average Bonchev–Trinajstić information content (AvgIpc) is 2.85. The van der Waals surface area contributed by atoms with Crippen LogP contribution in [0.4, 0.5) is 4.79 Å². The number of amides is 2. The fraction of sp³-hybridized carbons (Fsp3) is 0.917. The molecule has 15 heteroatoms. The second-order valence-electron chi connectivity index (χ2n) is 9.71. The van der Waals surface area contributed by atoms with Gasteiger partial charge in [0.25, 0.3) is 0 Å². The van der Waals surface area contributed by atoms with Crippen LogP contribution < -0.4 is 10.6 Å². The summed E-state index contributed by atoms with van der Waals surface area (Å²) in [7, 11) is -4.22. The summed E-state index contributed by atoms with van der Waals surface area (Å²) in [5.41, 5.74) is 0. The van der Waals surface area contributed by atoms with Gasteiger partial charge in [-0.25, -0.2) is 9.36 Å².